The van der Waals surface area contributed by atoms with E-state index in [1.54, 1.807) is 6.20 Å². The maximum Gasteiger partial charge on any atom is 0.114 e. The van der Waals surface area contributed by atoms with Crippen LogP contribution in [0.4, 0.5) is 0 Å². The molecule has 2 aromatic heterocycles. The largest absolute Gasteiger partial charge is 0.391 e. The summed E-state index contributed by atoms with van der Waals surface area (Å²) in [6, 6.07) is 10.8. The van der Waals surface area contributed by atoms with Gasteiger partial charge in [-0.2, -0.15) is 0 Å². The van der Waals surface area contributed by atoms with E-state index in [4.69, 9.17) is 4.98 Å². The van der Waals surface area contributed by atoms with Gasteiger partial charge in [-0.25, -0.2) is 4.98 Å². The SMILES string of the molecule is C=CNCCc1ccc(-n2c(CC)nc3c(C)nc(C)cc32)cc1. The molecule has 0 atom stereocenters. The first kappa shape index (κ1) is 16.2. The molecule has 0 aliphatic heterocycles. The molecule has 24 heavy (non-hydrogen) atoms. The minimum atomic E-state index is 0.887. The third-order valence-electron chi connectivity index (χ3n) is 4.23. The monoisotopic (exact) mass is 320 g/mol. The Kier molecular flexibility index (Phi) is 4.65. The van der Waals surface area contributed by atoms with Crippen molar-refractivity contribution in [2.75, 3.05) is 6.54 Å². The van der Waals surface area contributed by atoms with Gasteiger partial charge in [0, 0.05) is 24.3 Å². The first-order chi connectivity index (χ1) is 11.6. The molecule has 0 bridgehead atoms. The number of imidazole rings is 1. The Morgan fingerprint density at radius 1 is 1.17 bits per heavy atom. The van der Waals surface area contributed by atoms with Crippen molar-refractivity contribution in [3.8, 4) is 5.69 Å². The Labute approximate surface area is 143 Å². The van der Waals surface area contributed by atoms with Gasteiger partial charge >= 0.3 is 0 Å². The molecule has 1 N–H and O–H groups in total. The molecule has 1 aromatic carbocycles. The molecule has 0 aliphatic carbocycles. The topological polar surface area (TPSA) is 42.7 Å². The summed E-state index contributed by atoms with van der Waals surface area (Å²) in [6.45, 7) is 10.8. The van der Waals surface area contributed by atoms with E-state index in [2.05, 4.69) is 58.7 Å². The van der Waals surface area contributed by atoms with Gasteiger partial charge in [0.2, 0.25) is 0 Å². The first-order valence-corrected chi connectivity index (χ1v) is 8.43. The number of pyridine rings is 1. The molecule has 2 heterocycles. The van der Waals surface area contributed by atoms with Crippen molar-refractivity contribution in [1.29, 1.82) is 0 Å². The van der Waals surface area contributed by atoms with E-state index in [-0.39, 0.29) is 0 Å². The summed E-state index contributed by atoms with van der Waals surface area (Å²) >= 11 is 0. The maximum absolute atomic E-state index is 4.81. The Morgan fingerprint density at radius 2 is 1.92 bits per heavy atom. The van der Waals surface area contributed by atoms with Crippen LogP contribution in [0, 0.1) is 13.8 Å². The van der Waals surface area contributed by atoms with Crippen LogP contribution in [0.15, 0.2) is 43.1 Å². The molecular weight excluding hydrogens is 296 g/mol. The average molecular weight is 320 g/mol. The summed E-state index contributed by atoms with van der Waals surface area (Å²) in [5, 5.41) is 3.14. The zero-order chi connectivity index (χ0) is 17.1. The van der Waals surface area contributed by atoms with Crippen molar-refractivity contribution >= 4 is 11.0 Å². The van der Waals surface area contributed by atoms with E-state index in [0.717, 1.165) is 53.3 Å². The van der Waals surface area contributed by atoms with Crippen LogP contribution in [0.3, 0.4) is 0 Å². The van der Waals surface area contributed by atoms with E-state index < -0.39 is 0 Å². The van der Waals surface area contributed by atoms with Crippen LogP contribution in [-0.4, -0.2) is 21.1 Å². The van der Waals surface area contributed by atoms with E-state index >= 15 is 0 Å². The first-order valence-electron chi connectivity index (χ1n) is 8.43. The molecule has 3 rings (SSSR count). The van der Waals surface area contributed by atoms with Crippen LogP contribution < -0.4 is 5.32 Å². The molecular formula is C20H24N4. The Bertz CT molecular complexity index is 859. The second-order valence-electron chi connectivity index (χ2n) is 6.01. The lowest BCUT2D eigenvalue weighted by molar-refractivity contribution is 0.833. The molecule has 4 heteroatoms. The van der Waals surface area contributed by atoms with Gasteiger partial charge in [0.1, 0.15) is 11.3 Å². The quantitative estimate of drug-likeness (QED) is 0.701. The molecule has 0 saturated heterocycles. The number of nitrogens with zero attached hydrogens (tertiary/aromatic N) is 3. The maximum atomic E-state index is 4.81. The van der Waals surface area contributed by atoms with Gasteiger partial charge in [-0.3, -0.25) is 9.55 Å². The Balaban J connectivity index is 2.03. The molecule has 0 aliphatic rings. The molecule has 0 spiro atoms. The highest BCUT2D eigenvalue weighted by molar-refractivity contribution is 5.80. The summed E-state index contributed by atoms with van der Waals surface area (Å²) < 4.78 is 2.25. The molecule has 0 unspecified atom stereocenters. The molecule has 0 amide bonds. The van der Waals surface area contributed by atoms with Crippen molar-refractivity contribution in [3.63, 3.8) is 0 Å². The van der Waals surface area contributed by atoms with E-state index in [1.165, 1.54) is 5.56 Å². The van der Waals surface area contributed by atoms with Crippen LogP contribution in [0.25, 0.3) is 16.7 Å². The second-order valence-corrected chi connectivity index (χ2v) is 6.01. The second kappa shape index (κ2) is 6.87. The molecule has 0 fully saturated rings. The van der Waals surface area contributed by atoms with Crippen LogP contribution in [-0.2, 0) is 12.8 Å². The number of aromatic nitrogens is 3. The van der Waals surface area contributed by atoms with Gasteiger partial charge in [0.25, 0.3) is 0 Å². The van der Waals surface area contributed by atoms with Crippen LogP contribution in [0.2, 0.25) is 0 Å². The van der Waals surface area contributed by atoms with Crippen molar-refractivity contribution < 1.29 is 0 Å². The number of rotatable bonds is 6. The van der Waals surface area contributed by atoms with Crippen molar-refractivity contribution in [2.45, 2.75) is 33.6 Å². The zero-order valence-corrected chi connectivity index (χ0v) is 14.6. The van der Waals surface area contributed by atoms with Crippen molar-refractivity contribution in [2.24, 2.45) is 0 Å². The average Bonchev–Trinajstić information content (AvgIpc) is 2.94. The number of benzene rings is 1. The highest BCUT2D eigenvalue weighted by atomic mass is 15.1. The Morgan fingerprint density at radius 3 is 2.58 bits per heavy atom. The van der Waals surface area contributed by atoms with E-state index in [0.29, 0.717) is 0 Å². The lowest BCUT2D eigenvalue weighted by Crippen LogP contribution is -2.09. The molecule has 0 radical (unpaired) electrons. The van der Waals surface area contributed by atoms with E-state index in [9.17, 15) is 0 Å². The zero-order valence-electron chi connectivity index (χ0n) is 14.6. The highest BCUT2D eigenvalue weighted by Crippen LogP contribution is 2.24. The predicted octanol–water partition coefficient (Wildman–Crippen LogP) is 3.88. The van der Waals surface area contributed by atoms with Gasteiger partial charge < -0.3 is 5.32 Å². The molecule has 3 aromatic rings. The summed E-state index contributed by atoms with van der Waals surface area (Å²) in [5.74, 6) is 1.07. The fourth-order valence-corrected chi connectivity index (χ4v) is 3.08. The minimum absolute atomic E-state index is 0.887. The lowest BCUT2D eigenvalue weighted by atomic mass is 10.1. The van der Waals surface area contributed by atoms with Gasteiger partial charge in [0.15, 0.2) is 0 Å². The smallest absolute Gasteiger partial charge is 0.114 e. The standard InChI is InChI=1S/C20H24N4/c1-5-19-23-20-15(4)22-14(3)13-18(20)24(19)17-9-7-16(8-10-17)11-12-21-6-2/h6-10,13,21H,2,5,11-12H2,1,3-4H3. The van der Waals surface area contributed by atoms with Crippen LogP contribution >= 0.6 is 0 Å². The molecule has 0 saturated carbocycles. The van der Waals surface area contributed by atoms with Crippen LogP contribution in [0.1, 0.15) is 29.7 Å². The summed E-state index contributed by atoms with van der Waals surface area (Å²) in [5.41, 5.74) is 6.61. The van der Waals surface area contributed by atoms with Gasteiger partial charge in [-0.15, -0.1) is 0 Å². The van der Waals surface area contributed by atoms with E-state index in [1.807, 2.05) is 13.8 Å². The fourth-order valence-electron chi connectivity index (χ4n) is 3.08. The number of fused-ring (bicyclic) bond motifs is 1. The van der Waals surface area contributed by atoms with Crippen LogP contribution in [0.5, 0.6) is 0 Å². The predicted molar refractivity (Wildman–Crippen MR) is 99.6 cm³/mol. The normalized spacial score (nSPS) is 11.0. The highest BCUT2D eigenvalue weighted by Gasteiger charge is 2.14. The van der Waals surface area contributed by atoms with Gasteiger partial charge in [-0.1, -0.05) is 25.6 Å². The Hall–Kier alpha value is -2.62. The number of nitrogens with one attached hydrogen (secondary N) is 1. The summed E-state index contributed by atoms with van der Waals surface area (Å²) in [4.78, 5) is 9.36. The van der Waals surface area contributed by atoms with Gasteiger partial charge in [0.05, 0.1) is 11.2 Å². The third kappa shape index (κ3) is 3.04. The lowest BCUT2D eigenvalue weighted by Gasteiger charge is -2.10. The van der Waals surface area contributed by atoms with Crippen molar-refractivity contribution in [1.82, 2.24) is 19.9 Å². The van der Waals surface area contributed by atoms with Gasteiger partial charge in [-0.05, 0) is 50.2 Å². The number of hydrogen-bond donors (Lipinski definition) is 1. The number of hydrogen-bond acceptors (Lipinski definition) is 3. The summed E-state index contributed by atoms with van der Waals surface area (Å²) in [6.07, 6.45) is 3.61. The molecule has 4 nitrogen and oxygen atoms in total. The number of aryl methyl sites for hydroxylation is 3. The van der Waals surface area contributed by atoms with Crippen molar-refractivity contribution in [3.05, 3.63) is 65.9 Å². The minimum Gasteiger partial charge on any atom is -0.391 e. The summed E-state index contributed by atoms with van der Waals surface area (Å²) in [7, 11) is 0. The molecule has 124 valence electrons. The fraction of sp³-hybridized carbons (Fsp3) is 0.300. The third-order valence-corrected chi connectivity index (χ3v) is 4.23.